The second kappa shape index (κ2) is 6.48. The molecule has 1 aromatic heterocycles. The van der Waals surface area contributed by atoms with E-state index in [0.29, 0.717) is 6.04 Å². The van der Waals surface area contributed by atoms with Crippen LogP contribution >= 0.6 is 0 Å². The lowest BCUT2D eigenvalue weighted by atomic mass is 10.1. The summed E-state index contributed by atoms with van der Waals surface area (Å²) in [5, 5.41) is 4.58. The Bertz CT molecular complexity index is 313. The fourth-order valence-electron chi connectivity index (χ4n) is 1.92. The molecule has 1 aromatic rings. The first-order valence-electron chi connectivity index (χ1n) is 6.11. The highest BCUT2D eigenvalue weighted by atomic mass is 15.3. The SMILES string of the molecule is C=CCC(N)Cc1ccn(C(CC)CC)n1. The third kappa shape index (κ3) is 3.49. The summed E-state index contributed by atoms with van der Waals surface area (Å²) in [5.74, 6) is 0. The molecule has 0 aliphatic rings. The second-order valence-electron chi connectivity index (χ2n) is 4.25. The fraction of sp³-hybridized carbons (Fsp3) is 0.615. The van der Waals surface area contributed by atoms with Crippen LogP contribution in [0.15, 0.2) is 24.9 Å². The summed E-state index contributed by atoms with van der Waals surface area (Å²) in [7, 11) is 0. The van der Waals surface area contributed by atoms with Gasteiger partial charge in [-0.1, -0.05) is 19.9 Å². The summed E-state index contributed by atoms with van der Waals surface area (Å²) in [6.07, 6.45) is 7.85. The quantitative estimate of drug-likeness (QED) is 0.719. The van der Waals surface area contributed by atoms with Gasteiger partial charge in [-0.25, -0.2) is 0 Å². The van der Waals surface area contributed by atoms with Crippen molar-refractivity contribution in [2.24, 2.45) is 5.73 Å². The Morgan fingerprint density at radius 3 is 2.75 bits per heavy atom. The zero-order chi connectivity index (χ0) is 12.0. The zero-order valence-electron chi connectivity index (χ0n) is 10.4. The first-order valence-corrected chi connectivity index (χ1v) is 6.11. The van der Waals surface area contributed by atoms with Crippen LogP contribution in [0.4, 0.5) is 0 Å². The Morgan fingerprint density at radius 2 is 2.19 bits per heavy atom. The van der Waals surface area contributed by atoms with E-state index in [1.54, 1.807) is 0 Å². The molecular weight excluding hydrogens is 198 g/mol. The molecule has 0 aliphatic carbocycles. The maximum atomic E-state index is 5.95. The van der Waals surface area contributed by atoms with Crippen LogP contribution in [0.3, 0.4) is 0 Å². The first-order chi connectivity index (χ1) is 7.71. The minimum absolute atomic E-state index is 0.141. The van der Waals surface area contributed by atoms with E-state index in [2.05, 4.69) is 42.5 Å². The van der Waals surface area contributed by atoms with Gasteiger partial charge in [-0.3, -0.25) is 4.68 Å². The van der Waals surface area contributed by atoms with Crippen molar-refractivity contribution >= 4 is 0 Å². The summed E-state index contributed by atoms with van der Waals surface area (Å²) < 4.78 is 2.07. The van der Waals surface area contributed by atoms with Gasteiger partial charge in [0.1, 0.15) is 0 Å². The molecule has 3 heteroatoms. The monoisotopic (exact) mass is 221 g/mol. The standard InChI is InChI=1S/C13H23N3/c1-4-7-11(14)10-12-8-9-16(15-12)13(5-2)6-3/h4,8-9,11,13H,1,5-7,10,14H2,2-3H3. The van der Waals surface area contributed by atoms with Gasteiger partial charge in [-0.2, -0.15) is 5.10 Å². The number of aromatic nitrogens is 2. The summed E-state index contributed by atoms with van der Waals surface area (Å²) in [4.78, 5) is 0. The van der Waals surface area contributed by atoms with Gasteiger partial charge in [-0.15, -0.1) is 6.58 Å². The smallest absolute Gasteiger partial charge is 0.0640 e. The van der Waals surface area contributed by atoms with Crippen LogP contribution in [0.25, 0.3) is 0 Å². The van der Waals surface area contributed by atoms with Crippen LogP contribution in [0.2, 0.25) is 0 Å². The third-order valence-electron chi connectivity index (χ3n) is 2.92. The highest BCUT2D eigenvalue weighted by Gasteiger charge is 2.09. The van der Waals surface area contributed by atoms with E-state index in [4.69, 9.17) is 5.73 Å². The molecule has 0 aromatic carbocycles. The van der Waals surface area contributed by atoms with Crippen molar-refractivity contribution in [2.75, 3.05) is 0 Å². The van der Waals surface area contributed by atoms with E-state index in [0.717, 1.165) is 31.4 Å². The normalized spacial score (nSPS) is 13.0. The van der Waals surface area contributed by atoms with Gasteiger partial charge >= 0.3 is 0 Å². The average molecular weight is 221 g/mol. The number of nitrogens with zero attached hydrogens (tertiary/aromatic N) is 2. The summed E-state index contributed by atoms with van der Waals surface area (Å²) in [5.41, 5.74) is 7.03. The third-order valence-corrected chi connectivity index (χ3v) is 2.92. The Labute approximate surface area is 98.3 Å². The Balaban J connectivity index is 2.60. The van der Waals surface area contributed by atoms with E-state index in [1.165, 1.54) is 0 Å². The largest absolute Gasteiger partial charge is 0.327 e. The van der Waals surface area contributed by atoms with Crippen molar-refractivity contribution < 1.29 is 0 Å². The van der Waals surface area contributed by atoms with Crippen molar-refractivity contribution in [3.05, 3.63) is 30.6 Å². The van der Waals surface area contributed by atoms with Crippen molar-refractivity contribution in [3.8, 4) is 0 Å². The van der Waals surface area contributed by atoms with Crippen molar-refractivity contribution in [1.82, 2.24) is 9.78 Å². The predicted octanol–water partition coefficient (Wildman–Crippen LogP) is 2.69. The van der Waals surface area contributed by atoms with Crippen LogP contribution in [-0.2, 0) is 6.42 Å². The summed E-state index contributed by atoms with van der Waals surface area (Å²) in [6.45, 7) is 8.08. The molecule has 1 heterocycles. The zero-order valence-corrected chi connectivity index (χ0v) is 10.4. The van der Waals surface area contributed by atoms with Gasteiger partial charge in [0.15, 0.2) is 0 Å². The van der Waals surface area contributed by atoms with Gasteiger partial charge in [0.2, 0.25) is 0 Å². The number of nitrogens with two attached hydrogens (primary N) is 1. The van der Waals surface area contributed by atoms with E-state index in [1.807, 2.05) is 6.08 Å². The van der Waals surface area contributed by atoms with Crippen molar-refractivity contribution in [3.63, 3.8) is 0 Å². The summed E-state index contributed by atoms with van der Waals surface area (Å²) in [6, 6.07) is 2.73. The first kappa shape index (κ1) is 13.0. The van der Waals surface area contributed by atoms with Crippen LogP contribution in [0.5, 0.6) is 0 Å². The lowest BCUT2D eigenvalue weighted by Crippen LogP contribution is -2.22. The van der Waals surface area contributed by atoms with E-state index in [9.17, 15) is 0 Å². The van der Waals surface area contributed by atoms with Gasteiger partial charge < -0.3 is 5.73 Å². The molecule has 0 radical (unpaired) electrons. The van der Waals surface area contributed by atoms with Crippen LogP contribution in [-0.4, -0.2) is 15.8 Å². The molecule has 0 spiro atoms. The molecule has 0 amide bonds. The minimum Gasteiger partial charge on any atom is -0.327 e. The van der Waals surface area contributed by atoms with E-state index < -0.39 is 0 Å². The molecule has 90 valence electrons. The molecule has 0 fully saturated rings. The lowest BCUT2D eigenvalue weighted by molar-refractivity contribution is 0.424. The highest BCUT2D eigenvalue weighted by Crippen LogP contribution is 2.15. The molecule has 0 aliphatic heterocycles. The van der Waals surface area contributed by atoms with E-state index in [-0.39, 0.29) is 6.04 Å². The highest BCUT2D eigenvalue weighted by molar-refractivity contribution is 5.02. The lowest BCUT2D eigenvalue weighted by Gasteiger charge is -2.12. The molecule has 2 N–H and O–H groups in total. The average Bonchev–Trinajstić information content (AvgIpc) is 2.68. The number of hydrogen-bond acceptors (Lipinski definition) is 2. The molecule has 0 saturated heterocycles. The Kier molecular flexibility index (Phi) is 5.26. The minimum atomic E-state index is 0.141. The van der Waals surface area contributed by atoms with Crippen molar-refractivity contribution in [1.29, 1.82) is 0 Å². The summed E-state index contributed by atoms with van der Waals surface area (Å²) >= 11 is 0. The molecule has 3 nitrogen and oxygen atoms in total. The fourth-order valence-corrected chi connectivity index (χ4v) is 1.92. The van der Waals surface area contributed by atoms with Gasteiger partial charge in [0.05, 0.1) is 11.7 Å². The maximum Gasteiger partial charge on any atom is 0.0640 e. The Morgan fingerprint density at radius 1 is 1.50 bits per heavy atom. The van der Waals surface area contributed by atoms with Crippen molar-refractivity contribution in [2.45, 2.75) is 51.6 Å². The van der Waals surface area contributed by atoms with Crippen LogP contribution in [0, 0.1) is 0 Å². The second-order valence-corrected chi connectivity index (χ2v) is 4.25. The molecule has 1 atom stereocenters. The molecule has 1 unspecified atom stereocenters. The van der Waals surface area contributed by atoms with Gasteiger partial charge in [0, 0.05) is 18.7 Å². The maximum absolute atomic E-state index is 5.95. The number of hydrogen-bond donors (Lipinski definition) is 1. The molecule has 0 bridgehead atoms. The van der Waals surface area contributed by atoms with E-state index >= 15 is 0 Å². The molecule has 16 heavy (non-hydrogen) atoms. The Hall–Kier alpha value is -1.09. The molecular formula is C13H23N3. The topological polar surface area (TPSA) is 43.8 Å². The molecule has 0 saturated carbocycles. The predicted molar refractivity (Wildman–Crippen MR) is 68.3 cm³/mol. The molecule has 1 rings (SSSR count). The van der Waals surface area contributed by atoms with Gasteiger partial charge in [-0.05, 0) is 25.3 Å². The van der Waals surface area contributed by atoms with Crippen LogP contribution < -0.4 is 5.73 Å². The number of rotatable bonds is 7. The van der Waals surface area contributed by atoms with Gasteiger partial charge in [0.25, 0.3) is 0 Å². The van der Waals surface area contributed by atoms with Crippen LogP contribution in [0.1, 0.15) is 44.8 Å².